The van der Waals surface area contributed by atoms with Gasteiger partial charge in [-0.3, -0.25) is 4.79 Å². The van der Waals surface area contributed by atoms with Gasteiger partial charge in [0.05, 0.1) is 7.11 Å². The molecule has 2 aromatic rings. The van der Waals surface area contributed by atoms with Crippen molar-refractivity contribution >= 4 is 17.8 Å². The minimum Gasteiger partial charge on any atom is -1.00 e. The summed E-state index contributed by atoms with van der Waals surface area (Å²) < 4.78 is 7.70. The number of amides is 1. The van der Waals surface area contributed by atoms with E-state index in [1.54, 1.807) is 41.4 Å². The Morgan fingerprint density at radius 2 is 2.04 bits per heavy atom. The third-order valence-corrected chi connectivity index (χ3v) is 3.73. The van der Waals surface area contributed by atoms with Crippen molar-refractivity contribution in [3.05, 3.63) is 54.1 Å². The molecule has 0 radical (unpaired) electrons. The van der Waals surface area contributed by atoms with Crippen LogP contribution in [0, 0.1) is 0 Å². The van der Waals surface area contributed by atoms with E-state index in [1.165, 1.54) is 11.7 Å². The van der Waals surface area contributed by atoms with Gasteiger partial charge in [0.25, 0.3) is 6.33 Å². The van der Waals surface area contributed by atoms with Crippen LogP contribution in [-0.4, -0.2) is 35.5 Å². The molecule has 0 aliphatic carbocycles. The SMILES string of the molecule is COC(=O)[C@@H]1Cc2c[n+](CC(=O)c3ccccc3)cn2C(=O)N1.[Br-]. The number of Topliss-reactive ketones (excluding diaryl/α,β-unsaturated/α-hetero) is 1. The highest BCUT2D eigenvalue weighted by atomic mass is 79.9. The Kier molecular flexibility index (Phi) is 5.50. The third-order valence-electron chi connectivity index (χ3n) is 3.73. The van der Waals surface area contributed by atoms with E-state index in [1.807, 2.05) is 6.07 Å². The summed E-state index contributed by atoms with van der Waals surface area (Å²) in [6, 6.07) is 7.84. The van der Waals surface area contributed by atoms with Gasteiger partial charge in [-0.1, -0.05) is 30.3 Å². The van der Waals surface area contributed by atoms with Crippen molar-refractivity contribution in [3.63, 3.8) is 0 Å². The maximum atomic E-state index is 12.2. The van der Waals surface area contributed by atoms with Crippen LogP contribution in [0.25, 0.3) is 0 Å². The second-order valence-corrected chi connectivity index (χ2v) is 5.30. The number of benzene rings is 1. The summed E-state index contributed by atoms with van der Waals surface area (Å²) in [5.74, 6) is -0.541. The molecule has 0 saturated heterocycles. The number of rotatable bonds is 4. The molecule has 1 aliphatic heterocycles. The summed E-state index contributed by atoms with van der Waals surface area (Å²) in [5, 5.41) is 2.57. The highest BCUT2D eigenvalue weighted by Gasteiger charge is 2.35. The largest absolute Gasteiger partial charge is 1.00 e. The average molecular weight is 394 g/mol. The zero-order chi connectivity index (χ0) is 16.4. The maximum absolute atomic E-state index is 12.2. The molecule has 3 rings (SSSR count). The molecule has 0 saturated carbocycles. The molecule has 1 N–H and O–H groups in total. The molecule has 0 spiro atoms. The summed E-state index contributed by atoms with van der Waals surface area (Å²) in [7, 11) is 1.28. The lowest BCUT2D eigenvalue weighted by Gasteiger charge is -2.17. The number of ketones is 1. The number of methoxy groups -OCH3 is 1. The molecular weight excluding hydrogens is 378 g/mol. The van der Waals surface area contributed by atoms with Crippen LogP contribution < -0.4 is 26.9 Å². The first kappa shape index (κ1) is 17.9. The Balaban J connectivity index is 0.00000208. The van der Waals surface area contributed by atoms with Crippen molar-refractivity contribution in [1.29, 1.82) is 0 Å². The Morgan fingerprint density at radius 1 is 1.33 bits per heavy atom. The third kappa shape index (κ3) is 3.53. The number of carbonyl (C=O) groups is 3. The number of ether oxygens (including phenoxy) is 1. The van der Waals surface area contributed by atoms with Crippen molar-refractivity contribution in [2.45, 2.75) is 19.0 Å². The van der Waals surface area contributed by atoms with E-state index in [0.717, 1.165) is 0 Å². The number of esters is 1. The number of carbonyl (C=O) groups excluding carboxylic acids is 3. The smallest absolute Gasteiger partial charge is 0.414 e. The molecule has 1 atom stereocenters. The number of hydrogen-bond acceptors (Lipinski definition) is 4. The Morgan fingerprint density at radius 3 is 2.71 bits per heavy atom. The average Bonchev–Trinajstić information content (AvgIpc) is 2.98. The summed E-state index contributed by atoms with van der Waals surface area (Å²) in [6.07, 6.45) is 3.58. The van der Waals surface area contributed by atoms with Crippen LogP contribution in [0.4, 0.5) is 4.79 Å². The van der Waals surface area contributed by atoms with Gasteiger partial charge in [0.2, 0.25) is 5.78 Å². The number of nitrogens with one attached hydrogen (secondary N) is 1. The van der Waals surface area contributed by atoms with E-state index >= 15 is 0 Å². The number of aromatic nitrogens is 2. The summed E-state index contributed by atoms with van der Waals surface area (Å²) >= 11 is 0. The lowest BCUT2D eigenvalue weighted by molar-refractivity contribution is -0.682. The van der Waals surface area contributed by atoms with Crippen LogP contribution in [0.2, 0.25) is 0 Å². The first-order valence-corrected chi connectivity index (χ1v) is 7.15. The zero-order valence-electron chi connectivity index (χ0n) is 12.9. The number of halogens is 1. The van der Waals surface area contributed by atoms with Gasteiger partial charge < -0.3 is 27.0 Å². The second-order valence-electron chi connectivity index (χ2n) is 5.30. The number of fused-ring (bicyclic) bond motifs is 1. The molecule has 1 aromatic heterocycles. The predicted molar refractivity (Wildman–Crippen MR) is 78.8 cm³/mol. The quantitative estimate of drug-likeness (QED) is 0.348. The van der Waals surface area contributed by atoms with E-state index in [9.17, 15) is 14.4 Å². The maximum Gasteiger partial charge on any atom is 0.414 e. The first-order valence-electron chi connectivity index (χ1n) is 7.15. The van der Waals surface area contributed by atoms with Gasteiger partial charge in [-0.2, -0.15) is 0 Å². The Bertz CT molecular complexity index is 773. The predicted octanol–water partition coefficient (Wildman–Crippen LogP) is -2.68. The van der Waals surface area contributed by atoms with Crippen LogP contribution in [-0.2, 0) is 22.5 Å². The molecule has 0 fully saturated rings. The first-order chi connectivity index (χ1) is 11.1. The van der Waals surface area contributed by atoms with E-state index in [-0.39, 0.29) is 29.3 Å². The van der Waals surface area contributed by atoms with Gasteiger partial charge >= 0.3 is 12.0 Å². The van der Waals surface area contributed by atoms with Crippen LogP contribution in [0.5, 0.6) is 0 Å². The van der Waals surface area contributed by atoms with Crippen molar-refractivity contribution in [2.24, 2.45) is 0 Å². The molecule has 126 valence electrons. The lowest BCUT2D eigenvalue weighted by atomic mass is 10.1. The molecule has 0 unspecified atom stereocenters. The highest BCUT2D eigenvalue weighted by molar-refractivity contribution is 5.95. The molecular formula is C16H16BrN3O4. The molecule has 1 amide bonds. The molecule has 1 aromatic carbocycles. The Labute approximate surface area is 149 Å². The van der Waals surface area contributed by atoms with Gasteiger partial charge in [0.1, 0.15) is 12.2 Å². The van der Waals surface area contributed by atoms with E-state index in [4.69, 9.17) is 0 Å². The van der Waals surface area contributed by atoms with E-state index in [2.05, 4.69) is 10.1 Å². The van der Waals surface area contributed by atoms with E-state index < -0.39 is 18.0 Å². The number of imidazole rings is 1. The number of nitrogens with zero attached hydrogens (tertiary/aromatic N) is 2. The van der Waals surface area contributed by atoms with Gasteiger partial charge in [-0.05, 0) is 0 Å². The fourth-order valence-electron chi connectivity index (χ4n) is 2.57. The topological polar surface area (TPSA) is 81.3 Å². The van der Waals surface area contributed by atoms with Gasteiger partial charge in [0.15, 0.2) is 12.2 Å². The van der Waals surface area contributed by atoms with Gasteiger partial charge in [-0.25, -0.2) is 14.2 Å². The second kappa shape index (κ2) is 7.39. The fraction of sp³-hybridized carbons (Fsp3) is 0.250. The van der Waals surface area contributed by atoms with Crippen LogP contribution in [0.1, 0.15) is 16.1 Å². The number of hydrogen-bond donors (Lipinski definition) is 1. The highest BCUT2D eigenvalue weighted by Crippen LogP contribution is 2.10. The van der Waals surface area contributed by atoms with Crippen LogP contribution >= 0.6 is 0 Å². The van der Waals surface area contributed by atoms with Crippen molar-refractivity contribution in [2.75, 3.05) is 7.11 Å². The molecule has 8 heteroatoms. The van der Waals surface area contributed by atoms with Crippen molar-refractivity contribution < 1.29 is 40.7 Å². The van der Waals surface area contributed by atoms with E-state index in [0.29, 0.717) is 17.7 Å². The normalized spacial score (nSPS) is 15.7. The summed E-state index contributed by atoms with van der Waals surface area (Å²) in [6.45, 7) is 0.125. The van der Waals surface area contributed by atoms with Crippen molar-refractivity contribution in [3.8, 4) is 0 Å². The monoisotopic (exact) mass is 393 g/mol. The summed E-state index contributed by atoms with van der Waals surface area (Å²) in [4.78, 5) is 35.8. The molecule has 1 aliphatic rings. The molecule has 2 heterocycles. The Hall–Kier alpha value is -2.48. The lowest BCUT2D eigenvalue weighted by Crippen LogP contribution is -3.00. The van der Waals surface area contributed by atoms with Crippen LogP contribution in [0.3, 0.4) is 0 Å². The molecule has 0 bridgehead atoms. The zero-order valence-corrected chi connectivity index (χ0v) is 14.5. The minimum atomic E-state index is -0.701. The van der Waals surface area contributed by atoms with Gasteiger partial charge in [0, 0.05) is 12.0 Å². The molecule has 7 nitrogen and oxygen atoms in total. The van der Waals surface area contributed by atoms with Gasteiger partial charge in [-0.15, -0.1) is 4.57 Å². The standard InChI is InChI=1S/C16H15N3O4.BrH/c1-23-15(21)13-7-12-8-18(10-19(12)16(22)17-13)9-14(20)11-5-3-2-4-6-11;/h2-6,8,10,13H,7,9H2,1H3;1H/t13-;/m0./s1. The fourth-order valence-corrected chi connectivity index (χ4v) is 2.57. The summed E-state index contributed by atoms with van der Waals surface area (Å²) in [5.41, 5.74) is 1.27. The molecule has 24 heavy (non-hydrogen) atoms. The van der Waals surface area contributed by atoms with Crippen LogP contribution in [0.15, 0.2) is 42.9 Å². The minimum absolute atomic E-state index is 0. The van der Waals surface area contributed by atoms with Crippen molar-refractivity contribution in [1.82, 2.24) is 9.88 Å².